The Balaban J connectivity index is 2.35. The predicted octanol–water partition coefficient (Wildman–Crippen LogP) is 3.05. The highest BCUT2D eigenvalue weighted by molar-refractivity contribution is 7.92. The van der Waals surface area contributed by atoms with Crippen molar-refractivity contribution < 1.29 is 18.0 Å². The Labute approximate surface area is 189 Å². The first kappa shape index (κ1) is 24.7. The molecule has 0 saturated carbocycles. The van der Waals surface area contributed by atoms with E-state index in [0.717, 1.165) is 16.1 Å². The van der Waals surface area contributed by atoms with Crippen LogP contribution < -0.4 is 9.62 Å². The quantitative estimate of drug-likeness (QED) is 0.616. The van der Waals surface area contributed by atoms with Crippen LogP contribution in [0.5, 0.6) is 0 Å². The maximum absolute atomic E-state index is 13.3. The minimum atomic E-state index is -3.72. The first-order chi connectivity index (χ1) is 14.5. The van der Waals surface area contributed by atoms with Crippen molar-refractivity contribution in [2.75, 3.05) is 17.1 Å². The van der Waals surface area contributed by atoms with Crippen LogP contribution in [-0.4, -0.2) is 50.0 Å². The lowest BCUT2D eigenvalue weighted by Gasteiger charge is -2.31. The van der Waals surface area contributed by atoms with Gasteiger partial charge in [-0.1, -0.05) is 41.9 Å². The van der Waals surface area contributed by atoms with E-state index in [2.05, 4.69) is 5.32 Å². The summed E-state index contributed by atoms with van der Waals surface area (Å²) in [5.41, 5.74) is 1.15. The number of anilines is 1. The van der Waals surface area contributed by atoms with Gasteiger partial charge in [0.25, 0.3) is 0 Å². The maximum atomic E-state index is 13.3. The molecule has 168 valence electrons. The zero-order chi connectivity index (χ0) is 23.2. The van der Waals surface area contributed by atoms with Gasteiger partial charge in [-0.25, -0.2) is 8.42 Å². The van der Waals surface area contributed by atoms with E-state index in [0.29, 0.717) is 10.7 Å². The van der Waals surface area contributed by atoms with Crippen LogP contribution in [0.15, 0.2) is 54.6 Å². The summed E-state index contributed by atoms with van der Waals surface area (Å²) >= 11 is 5.95. The van der Waals surface area contributed by atoms with Gasteiger partial charge in [0.15, 0.2) is 0 Å². The average Bonchev–Trinajstić information content (AvgIpc) is 2.70. The lowest BCUT2D eigenvalue weighted by atomic mass is 10.1. The Hall–Kier alpha value is -2.58. The van der Waals surface area contributed by atoms with Gasteiger partial charge in [-0.05, 0) is 50.6 Å². The molecule has 0 unspecified atom stereocenters. The highest BCUT2D eigenvalue weighted by Gasteiger charge is 2.30. The molecule has 9 heteroatoms. The Morgan fingerprint density at radius 2 is 1.58 bits per heavy atom. The maximum Gasteiger partial charge on any atom is 0.244 e. The summed E-state index contributed by atoms with van der Waals surface area (Å²) in [6.07, 6.45) is 1.05. The smallest absolute Gasteiger partial charge is 0.244 e. The van der Waals surface area contributed by atoms with Crippen LogP contribution in [0, 0.1) is 0 Å². The van der Waals surface area contributed by atoms with Gasteiger partial charge in [0.05, 0.1) is 11.9 Å². The van der Waals surface area contributed by atoms with Crippen LogP contribution in [-0.2, 0) is 26.2 Å². The number of nitrogens with one attached hydrogen (secondary N) is 1. The third-order valence-electron chi connectivity index (χ3n) is 4.59. The molecule has 1 atom stereocenters. The van der Waals surface area contributed by atoms with E-state index in [1.54, 1.807) is 61.5 Å². The van der Waals surface area contributed by atoms with Crippen molar-refractivity contribution in [3.05, 3.63) is 65.2 Å². The number of sulfonamides is 1. The van der Waals surface area contributed by atoms with Crippen LogP contribution >= 0.6 is 11.6 Å². The normalized spacial score (nSPS) is 12.3. The van der Waals surface area contributed by atoms with Crippen molar-refractivity contribution in [3.8, 4) is 0 Å². The molecule has 0 aromatic heterocycles. The van der Waals surface area contributed by atoms with E-state index in [4.69, 9.17) is 11.6 Å². The Kier molecular flexibility index (Phi) is 8.47. The van der Waals surface area contributed by atoms with Crippen molar-refractivity contribution in [1.82, 2.24) is 10.2 Å². The van der Waals surface area contributed by atoms with Crippen molar-refractivity contribution in [2.45, 2.75) is 39.4 Å². The number of carbonyl (C=O) groups excluding carboxylic acids is 2. The minimum Gasteiger partial charge on any atom is -0.352 e. The van der Waals surface area contributed by atoms with Crippen molar-refractivity contribution in [3.63, 3.8) is 0 Å². The number of carbonyl (C=O) groups is 2. The van der Waals surface area contributed by atoms with Crippen molar-refractivity contribution in [1.29, 1.82) is 0 Å². The molecular weight excluding hydrogens is 438 g/mol. The fraction of sp³-hybridized carbons (Fsp3) is 0.364. The number of nitrogens with zero attached hydrogens (tertiary/aromatic N) is 2. The van der Waals surface area contributed by atoms with Crippen LogP contribution in [0.25, 0.3) is 0 Å². The third kappa shape index (κ3) is 7.25. The number of rotatable bonds is 9. The Morgan fingerprint density at radius 1 is 1.00 bits per heavy atom. The lowest BCUT2D eigenvalue weighted by molar-refractivity contribution is -0.139. The molecule has 2 rings (SSSR count). The van der Waals surface area contributed by atoms with E-state index in [-0.39, 0.29) is 18.5 Å². The van der Waals surface area contributed by atoms with E-state index in [9.17, 15) is 18.0 Å². The fourth-order valence-corrected chi connectivity index (χ4v) is 3.96. The molecular formula is C22H28ClN3O4S. The summed E-state index contributed by atoms with van der Waals surface area (Å²) in [6, 6.07) is 14.4. The van der Waals surface area contributed by atoms with E-state index >= 15 is 0 Å². The second-order valence-electron chi connectivity index (χ2n) is 7.59. The predicted molar refractivity (Wildman–Crippen MR) is 123 cm³/mol. The van der Waals surface area contributed by atoms with Gasteiger partial charge in [0.2, 0.25) is 21.8 Å². The second kappa shape index (κ2) is 10.6. The molecule has 0 aliphatic rings. The van der Waals surface area contributed by atoms with Gasteiger partial charge in [-0.3, -0.25) is 13.9 Å². The van der Waals surface area contributed by atoms with E-state index < -0.39 is 28.5 Å². The zero-order valence-corrected chi connectivity index (χ0v) is 19.7. The van der Waals surface area contributed by atoms with Gasteiger partial charge in [-0.2, -0.15) is 0 Å². The molecule has 0 saturated heterocycles. The molecule has 7 nitrogen and oxygen atoms in total. The van der Waals surface area contributed by atoms with E-state index in [1.807, 2.05) is 13.8 Å². The lowest BCUT2D eigenvalue weighted by Crippen LogP contribution is -2.52. The highest BCUT2D eigenvalue weighted by Crippen LogP contribution is 2.19. The number of benzene rings is 2. The monoisotopic (exact) mass is 465 g/mol. The van der Waals surface area contributed by atoms with Gasteiger partial charge >= 0.3 is 0 Å². The fourth-order valence-electron chi connectivity index (χ4n) is 2.98. The first-order valence-electron chi connectivity index (χ1n) is 9.86. The first-order valence-corrected chi connectivity index (χ1v) is 12.1. The Bertz CT molecular complexity index is 995. The number of hydrogen-bond acceptors (Lipinski definition) is 4. The molecule has 0 heterocycles. The van der Waals surface area contributed by atoms with Crippen LogP contribution in [0.4, 0.5) is 5.69 Å². The standard InChI is InChI=1S/C22H28ClN3O4S/c1-16(2)24-22(28)17(3)25(14-18-10-12-19(23)13-11-18)21(27)15-26(31(4,29)30)20-8-6-5-7-9-20/h5-13,16-17H,14-15H2,1-4H3,(H,24,28)/t17-/m0/s1. The summed E-state index contributed by atoms with van der Waals surface area (Å²) < 4.78 is 25.8. The van der Waals surface area contributed by atoms with Crippen molar-refractivity contribution in [2.24, 2.45) is 0 Å². The molecule has 31 heavy (non-hydrogen) atoms. The molecule has 0 spiro atoms. The molecule has 2 aromatic carbocycles. The summed E-state index contributed by atoms with van der Waals surface area (Å²) in [5, 5.41) is 3.36. The van der Waals surface area contributed by atoms with Gasteiger partial charge in [-0.15, -0.1) is 0 Å². The summed E-state index contributed by atoms with van der Waals surface area (Å²) in [6.45, 7) is 5.00. The number of hydrogen-bond donors (Lipinski definition) is 1. The van der Waals surface area contributed by atoms with Gasteiger partial charge in [0, 0.05) is 17.6 Å². The van der Waals surface area contributed by atoms with Crippen LogP contribution in [0.3, 0.4) is 0 Å². The van der Waals surface area contributed by atoms with Gasteiger partial charge in [0.1, 0.15) is 12.6 Å². The van der Waals surface area contributed by atoms with Crippen LogP contribution in [0.1, 0.15) is 26.3 Å². The van der Waals surface area contributed by atoms with E-state index in [1.165, 1.54) is 4.90 Å². The average molecular weight is 466 g/mol. The SMILES string of the molecule is CC(C)NC(=O)[C@H](C)N(Cc1ccc(Cl)cc1)C(=O)CN(c1ccccc1)S(C)(=O)=O. The Morgan fingerprint density at radius 3 is 2.10 bits per heavy atom. The molecule has 2 aromatic rings. The second-order valence-corrected chi connectivity index (χ2v) is 9.94. The summed E-state index contributed by atoms with van der Waals surface area (Å²) in [4.78, 5) is 27.3. The largest absolute Gasteiger partial charge is 0.352 e. The third-order valence-corrected chi connectivity index (χ3v) is 5.98. The molecule has 0 aliphatic heterocycles. The molecule has 0 bridgehead atoms. The van der Waals surface area contributed by atoms with Crippen LogP contribution in [0.2, 0.25) is 5.02 Å². The molecule has 0 fully saturated rings. The van der Waals surface area contributed by atoms with Gasteiger partial charge < -0.3 is 10.2 Å². The summed E-state index contributed by atoms with van der Waals surface area (Å²) in [5.74, 6) is -0.807. The zero-order valence-electron chi connectivity index (χ0n) is 18.1. The number of para-hydroxylation sites is 1. The minimum absolute atomic E-state index is 0.0979. The van der Waals surface area contributed by atoms with Crippen molar-refractivity contribution >= 4 is 39.1 Å². The molecule has 0 radical (unpaired) electrons. The number of halogens is 1. The molecule has 1 N–H and O–H groups in total. The topological polar surface area (TPSA) is 86.8 Å². The number of amides is 2. The summed E-state index contributed by atoms with van der Waals surface area (Å²) in [7, 11) is -3.72. The molecule has 2 amide bonds. The molecule has 0 aliphatic carbocycles. The highest BCUT2D eigenvalue weighted by atomic mass is 35.5.